The van der Waals surface area contributed by atoms with Gasteiger partial charge >= 0.3 is 0 Å². The van der Waals surface area contributed by atoms with E-state index in [1.807, 2.05) is 40.9 Å². The molecule has 2 heterocycles. The van der Waals surface area contributed by atoms with E-state index in [2.05, 4.69) is 9.97 Å². The Labute approximate surface area is 156 Å². The van der Waals surface area contributed by atoms with Gasteiger partial charge in [0.1, 0.15) is 5.75 Å². The molecule has 136 valence electrons. The number of methoxy groups -OCH3 is 1. The van der Waals surface area contributed by atoms with Crippen LogP contribution < -0.4 is 9.88 Å². The molecule has 2 N–H and O–H groups in total. The third-order valence-corrected chi connectivity index (χ3v) is 5.15. The lowest BCUT2D eigenvalue weighted by Gasteiger charge is -2.07. The molecule has 0 aliphatic heterocycles. The maximum absolute atomic E-state index is 11.5. The number of hydrogen-bond donors (Lipinski definition) is 1. The zero-order chi connectivity index (χ0) is 19.0. The summed E-state index contributed by atoms with van der Waals surface area (Å²) in [5.41, 5.74) is 3.24. The number of primary sulfonamides is 1. The Kier molecular flexibility index (Phi) is 4.14. The summed E-state index contributed by atoms with van der Waals surface area (Å²) in [6.07, 6.45) is 3.54. The van der Waals surface area contributed by atoms with Crippen molar-refractivity contribution in [2.75, 3.05) is 7.11 Å². The lowest BCUT2D eigenvalue weighted by atomic mass is 10.0. The molecule has 2 aromatic carbocycles. The number of sulfonamides is 1. The second-order valence-corrected chi connectivity index (χ2v) is 7.46. The van der Waals surface area contributed by atoms with Crippen LogP contribution in [0.5, 0.6) is 5.75 Å². The van der Waals surface area contributed by atoms with Crippen LogP contribution in [0.1, 0.15) is 0 Å². The van der Waals surface area contributed by atoms with Crippen molar-refractivity contribution in [3.05, 3.63) is 67.0 Å². The number of imidazole rings is 1. The highest BCUT2D eigenvalue weighted by Crippen LogP contribution is 2.33. The molecule has 0 radical (unpaired) electrons. The lowest BCUT2D eigenvalue weighted by Crippen LogP contribution is -2.11. The highest BCUT2D eigenvalue weighted by Gasteiger charge is 2.17. The van der Waals surface area contributed by atoms with Gasteiger partial charge in [0.05, 0.1) is 23.4 Å². The predicted octanol–water partition coefficient (Wildman–Crippen LogP) is 2.72. The van der Waals surface area contributed by atoms with E-state index in [0.717, 1.165) is 28.3 Å². The fraction of sp³-hybridized carbons (Fsp3) is 0.0526. The Balaban J connectivity index is 1.93. The van der Waals surface area contributed by atoms with Crippen LogP contribution in [0.15, 0.2) is 71.9 Å². The maximum Gasteiger partial charge on any atom is 0.238 e. The highest BCUT2D eigenvalue weighted by molar-refractivity contribution is 7.89. The van der Waals surface area contributed by atoms with E-state index in [4.69, 9.17) is 9.88 Å². The van der Waals surface area contributed by atoms with Crippen LogP contribution in [0.3, 0.4) is 0 Å². The van der Waals surface area contributed by atoms with Crippen LogP contribution in [0.2, 0.25) is 0 Å². The fourth-order valence-electron chi connectivity index (χ4n) is 2.92. The lowest BCUT2D eigenvalue weighted by molar-refractivity contribution is 0.415. The van der Waals surface area contributed by atoms with Crippen molar-refractivity contribution in [3.63, 3.8) is 0 Å². The molecule has 0 amide bonds. The third-order valence-electron chi connectivity index (χ3n) is 4.22. The van der Waals surface area contributed by atoms with Crippen LogP contribution in [0, 0.1) is 0 Å². The van der Waals surface area contributed by atoms with Gasteiger partial charge in [0.15, 0.2) is 0 Å². The molecular weight excluding hydrogens is 364 g/mol. The summed E-state index contributed by atoms with van der Waals surface area (Å²) in [6, 6.07) is 15.8. The maximum atomic E-state index is 11.5. The van der Waals surface area contributed by atoms with E-state index < -0.39 is 10.0 Å². The standard InChI is InChI=1S/C19H16N4O3S/c1-26-15-7-3-13(4-8-15)17-18(23-12-2-11-21-19(23)22-17)14-5-9-16(10-6-14)27(20,24)25/h2-12H,1H3,(H2,20,24,25). The van der Waals surface area contributed by atoms with Crippen molar-refractivity contribution in [2.24, 2.45) is 5.14 Å². The Morgan fingerprint density at radius 2 is 1.67 bits per heavy atom. The average molecular weight is 380 g/mol. The van der Waals surface area contributed by atoms with Crippen LogP contribution in [-0.2, 0) is 10.0 Å². The molecule has 0 aliphatic rings. The number of ether oxygens (including phenoxy) is 1. The van der Waals surface area contributed by atoms with Gasteiger partial charge in [-0.1, -0.05) is 12.1 Å². The number of benzene rings is 2. The van der Waals surface area contributed by atoms with Gasteiger partial charge < -0.3 is 4.74 Å². The summed E-state index contributed by atoms with van der Waals surface area (Å²) >= 11 is 0. The first-order chi connectivity index (χ1) is 13.0. The second-order valence-electron chi connectivity index (χ2n) is 5.90. The molecule has 8 heteroatoms. The average Bonchev–Trinajstić information content (AvgIpc) is 3.07. The van der Waals surface area contributed by atoms with Crippen LogP contribution in [-0.4, -0.2) is 29.9 Å². The summed E-state index contributed by atoms with van der Waals surface area (Å²) < 4.78 is 30.1. The molecule has 0 unspecified atom stereocenters. The molecule has 0 saturated carbocycles. The summed E-state index contributed by atoms with van der Waals surface area (Å²) in [5.74, 6) is 1.30. The summed E-state index contributed by atoms with van der Waals surface area (Å²) in [6.45, 7) is 0. The third kappa shape index (κ3) is 3.16. The number of hydrogen-bond acceptors (Lipinski definition) is 5. The van der Waals surface area contributed by atoms with Crippen molar-refractivity contribution in [1.29, 1.82) is 0 Å². The first-order valence-corrected chi connectivity index (χ1v) is 9.63. The molecule has 7 nitrogen and oxygen atoms in total. The summed E-state index contributed by atoms with van der Waals surface area (Å²) in [7, 11) is -2.14. The van der Waals surface area contributed by atoms with Gasteiger partial charge in [0.25, 0.3) is 0 Å². The van der Waals surface area contributed by atoms with Crippen molar-refractivity contribution in [2.45, 2.75) is 4.90 Å². The normalized spacial score (nSPS) is 11.6. The first kappa shape index (κ1) is 17.2. The quantitative estimate of drug-likeness (QED) is 0.587. The van der Waals surface area contributed by atoms with Crippen molar-refractivity contribution in [3.8, 4) is 28.3 Å². The second kappa shape index (κ2) is 6.49. The monoisotopic (exact) mass is 380 g/mol. The summed E-state index contributed by atoms with van der Waals surface area (Å²) in [5, 5.41) is 5.20. The summed E-state index contributed by atoms with van der Waals surface area (Å²) in [4.78, 5) is 9.03. The van der Waals surface area contributed by atoms with E-state index in [9.17, 15) is 8.42 Å². The largest absolute Gasteiger partial charge is 0.497 e. The van der Waals surface area contributed by atoms with Gasteiger partial charge in [-0.15, -0.1) is 0 Å². The minimum Gasteiger partial charge on any atom is -0.497 e. The van der Waals surface area contributed by atoms with E-state index in [0.29, 0.717) is 5.78 Å². The van der Waals surface area contributed by atoms with Gasteiger partial charge in [-0.3, -0.25) is 4.40 Å². The van der Waals surface area contributed by atoms with Gasteiger partial charge in [-0.05, 0) is 42.5 Å². The Hall–Kier alpha value is -3.23. The topological polar surface area (TPSA) is 99.6 Å². The van der Waals surface area contributed by atoms with Gasteiger partial charge in [-0.25, -0.2) is 23.5 Å². The number of fused-ring (bicyclic) bond motifs is 1. The zero-order valence-corrected chi connectivity index (χ0v) is 15.2. The molecule has 0 bridgehead atoms. The molecule has 0 atom stereocenters. The zero-order valence-electron chi connectivity index (χ0n) is 14.4. The van der Waals surface area contributed by atoms with E-state index in [1.165, 1.54) is 12.1 Å². The Morgan fingerprint density at radius 3 is 2.30 bits per heavy atom. The molecule has 0 fully saturated rings. The van der Waals surface area contributed by atoms with Gasteiger partial charge in [0, 0.05) is 23.5 Å². The molecule has 4 aromatic rings. The van der Waals surface area contributed by atoms with Crippen molar-refractivity contribution >= 4 is 15.8 Å². The number of nitrogens with two attached hydrogens (primary N) is 1. The SMILES string of the molecule is COc1ccc(-c2nc3ncccn3c2-c2ccc(S(N)(=O)=O)cc2)cc1. The molecule has 0 spiro atoms. The van der Waals surface area contributed by atoms with Crippen LogP contribution in [0.25, 0.3) is 28.3 Å². The molecule has 0 saturated heterocycles. The molecule has 0 aliphatic carbocycles. The molecular formula is C19H16N4O3S. The number of nitrogens with zero attached hydrogens (tertiary/aromatic N) is 3. The van der Waals surface area contributed by atoms with Crippen molar-refractivity contribution in [1.82, 2.24) is 14.4 Å². The number of rotatable bonds is 4. The highest BCUT2D eigenvalue weighted by atomic mass is 32.2. The molecule has 2 aromatic heterocycles. The number of aromatic nitrogens is 3. The van der Waals surface area contributed by atoms with Gasteiger partial charge in [-0.2, -0.15) is 0 Å². The first-order valence-electron chi connectivity index (χ1n) is 8.08. The molecule has 4 rings (SSSR count). The Bertz CT molecular complexity index is 1210. The predicted molar refractivity (Wildman–Crippen MR) is 102 cm³/mol. The van der Waals surface area contributed by atoms with E-state index in [-0.39, 0.29) is 4.90 Å². The Morgan fingerprint density at radius 1 is 1.00 bits per heavy atom. The van der Waals surface area contributed by atoms with Crippen molar-refractivity contribution < 1.29 is 13.2 Å². The van der Waals surface area contributed by atoms with E-state index >= 15 is 0 Å². The van der Waals surface area contributed by atoms with E-state index in [1.54, 1.807) is 25.4 Å². The minimum atomic E-state index is -3.75. The fourth-order valence-corrected chi connectivity index (χ4v) is 3.43. The molecule has 27 heavy (non-hydrogen) atoms. The van der Waals surface area contributed by atoms with Gasteiger partial charge in [0.2, 0.25) is 15.8 Å². The van der Waals surface area contributed by atoms with Crippen LogP contribution >= 0.6 is 0 Å². The minimum absolute atomic E-state index is 0.0594. The van der Waals surface area contributed by atoms with Crippen LogP contribution in [0.4, 0.5) is 0 Å². The smallest absolute Gasteiger partial charge is 0.238 e.